The Morgan fingerprint density at radius 1 is 1.06 bits per heavy atom. The summed E-state index contributed by atoms with van der Waals surface area (Å²) in [5.74, 6) is 0.210. The van der Waals surface area contributed by atoms with Crippen LogP contribution in [0.1, 0.15) is 84.3 Å². The summed E-state index contributed by atoms with van der Waals surface area (Å²) in [6, 6.07) is 14.6. The molecule has 12 nitrogen and oxygen atoms in total. The number of nitrogens with one attached hydrogen (secondary N) is 2. The number of rotatable bonds is 15. The molecule has 2 fully saturated rings. The van der Waals surface area contributed by atoms with Crippen LogP contribution in [0.15, 0.2) is 70.1 Å². The van der Waals surface area contributed by atoms with Crippen molar-refractivity contribution >= 4 is 33.2 Å². The zero-order valence-corrected chi connectivity index (χ0v) is 29.1. The van der Waals surface area contributed by atoms with Crippen LogP contribution in [-0.2, 0) is 16.6 Å². The van der Waals surface area contributed by atoms with Crippen LogP contribution in [-0.4, -0.2) is 52.1 Å². The standard InChI is InChI=1S/C37H40N6O6S/c1-22-6-4-7-23(2)33(22)29-18-32(42-36(41-29)43-50(46,47)28-9-5-8-25(16-28)35(44)45)48-21-26(12-13-37(3)14-15-37)38-19-27-20-39-34-30(40-27)17-31(49-34)24-10-11-24/h4-9,16-18,20,24,26,38H,10-15,19,21H2,1-3H3,(H,44,45)(H,41,42,43). The zero-order valence-electron chi connectivity index (χ0n) is 28.3. The van der Waals surface area contributed by atoms with Gasteiger partial charge in [-0.05, 0) is 87.1 Å². The highest BCUT2D eigenvalue weighted by Crippen LogP contribution is 2.49. The Labute approximate surface area is 290 Å². The number of ether oxygens (including phenoxy) is 1. The molecule has 0 amide bonds. The summed E-state index contributed by atoms with van der Waals surface area (Å²) in [5, 5.41) is 13.0. The molecule has 2 aromatic carbocycles. The Morgan fingerprint density at radius 3 is 2.54 bits per heavy atom. The van der Waals surface area contributed by atoms with Crippen LogP contribution >= 0.6 is 0 Å². The molecule has 50 heavy (non-hydrogen) atoms. The molecular formula is C37H40N6O6S. The number of aromatic nitrogens is 4. The first-order valence-corrected chi connectivity index (χ1v) is 18.4. The van der Waals surface area contributed by atoms with Crippen molar-refractivity contribution in [2.24, 2.45) is 5.41 Å². The van der Waals surface area contributed by atoms with E-state index in [0.717, 1.165) is 65.4 Å². The van der Waals surface area contributed by atoms with Crippen molar-refractivity contribution in [3.63, 3.8) is 0 Å². The van der Waals surface area contributed by atoms with Crippen LogP contribution in [0.3, 0.4) is 0 Å². The number of benzene rings is 2. The minimum absolute atomic E-state index is 0.0613. The van der Waals surface area contributed by atoms with Gasteiger partial charge in [0.2, 0.25) is 17.5 Å². The number of carboxylic acids is 1. The van der Waals surface area contributed by atoms with E-state index in [9.17, 15) is 18.3 Å². The number of furan rings is 1. The number of anilines is 1. The fourth-order valence-corrected chi connectivity index (χ4v) is 7.05. The molecule has 1 unspecified atom stereocenters. The van der Waals surface area contributed by atoms with Crippen LogP contribution in [0.2, 0.25) is 0 Å². The van der Waals surface area contributed by atoms with Crippen molar-refractivity contribution in [3.8, 4) is 17.1 Å². The Morgan fingerprint density at radius 2 is 1.82 bits per heavy atom. The summed E-state index contributed by atoms with van der Waals surface area (Å²) in [4.78, 5) is 29.6. The van der Waals surface area contributed by atoms with Crippen molar-refractivity contribution in [2.75, 3.05) is 11.3 Å². The van der Waals surface area contributed by atoms with E-state index in [1.807, 2.05) is 38.1 Å². The zero-order chi connectivity index (χ0) is 35.0. The molecule has 1 atom stereocenters. The van der Waals surface area contributed by atoms with Crippen LogP contribution < -0.4 is 14.8 Å². The molecule has 3 heterocycles. The summed E-state index contributed by atoms with van der Waals surface area (Å²) in [6.45, 7) is 6.96. The molecule has 0 bridgehead atoms. The molecule has 3 N–H and O–H groups in total. The van der Waals surface area contributed by atoms with E-state index in [1.165, 1.54) is 31.0 Å². The van der Waals surface area contributed by atoms with Gasteiger partial charge in [0.05, 0.1) is 28.0 Å². The highest BCUT2D eigenvalue weighted by atomic mass is 32.2. The molecule has 0 aliphatic heterocycles. The monoisotopic (exact) mass is 696 g/mol. The minimum Gasteiger partial charge on any atom is -0.478 e. The maximum absolute atomic E-state index is 13.4. The molecule has 2 saturated carbocycles. The molecule has 0 radical (unpaired) electrons. The minimum atomic E-state index is -4.24. The van der Waals surface area contributed by atoms with Gasteiger partial charge in [-0.15, -0.1) is 0 Å². The number of fused-ring (bicyclic) bond motifs is 1. The number of carbonyl (C=O) groups is 1. The van der Waals surface area contributed by atoms with E-state index in [0.29, 0.717) is 29.3 Å². The lowest BCUT2D eigenvalue weighted by Crippen LogP contribution is -2.35. The quantitative estimate of drug-likeness (QED) is 0.105. The van der Waals surface area contributed by atoms with Crippen LogP contribution in [0.5, 0.6) is 5.88 Å². The highest BCUT2D eigenvalue weighted by molar-refractivity contribution is 7.92. The first kappa shape index (κ1) is 33.6. The van der Waals surface area contributed by atoms with E-state index in [2.05, 4.69) is 31.9 Å². The van der Waals surface area contributed by atoms with Gasteiger partial charge in [-0.2, -0.15) is 4.98 Å². The third-order valence-electron chi connectivity index (χ3n) is 9.55. The second-order valence-corrected chi connectivity index (χ2v) is 15.5. The largest absolute Gasteiger partial charge is 0.478 e. The summed E-state index contributed by atoms with van der Waals surface area (Å²) in [7, 11) is -4.24. The number of sulfonamides is 1. The van der Waals surface area contributed by atoms with Gasteiger partial charge in [0, 0.05) is 36.2 Å². The van der Waals surface area contributed by atoms with Gasteiger partial charge in [-0.3, -0.25) is 0 Å². The Balaban J connectivity index is 1.13. The molecule has 13 heteroatoms. The predicted octanol–water partition coefficient (Wildman–Crippen LogP) is 6.79. The summed E-state index contributed by atoms with van der Waals surface area (Å²) >= 11 is 0. The normalized spacial score (nSPS) is 15.9. The first-order chi connectivity index (χ1) is 23.9. The lowest BCUT2D eigenvalue weighted by atomic mass is 9.99. The van der Waals surface area contributed by atoms with Crippen LogP contribution in [0.25, 0.3) is 22.5 Å². The lowest BCUT2D eigenvalue weighted by Gasteiger charge is -2.21. The smallest absolute Gasteiger partial charge is 0.335 e. The number of hydrogen-bond acceptors (Lipinski definition) is 10. The summed E-state index contributed by atoms with van der Waals surface area (Å²) < 4.78 is 41.5. The van der Waals surface area contributed by atoms with Crippen LogP contribution in [0, 0.1) is 19.3 Å². The maximum Gasteiger partial charge on any atom is 0.335 e. The van der Waals surface area contributed by atoms with E-state index < -0.39 is 16.0 Å². The van der Waals surface area contributed by atoms with E-state index in [1.54, 1.807) is 12.3 Å². The number of nitrogens with zero attached hydrogens (tertiary/aromatic N) is 4. The molecule has 0 spiro atoms. The molecule has 3 aromatic heterocycles. The third-order valence-corrected chi connectivity index (χ3v) is 10.9. The van der Waals surface area contributed by atoms with Crippen molar-refractivity contribution in [1.82, 2.24) is 25.3 Å². The molecule has 0 saturated heterocycles. The predicted molar refractivity (Wildman–Crippen MR) is 188 cm³/mol. The van der Waals surface area contributed by atoms with Gasteiger partial charge in [-0.1, -0.05) is 31.2 Å². The van der Waals surface area contributed by atoms with Crippen molar-refractivity contribution in [1.29, 1.82) is 0 Å². The Hall–Kier alpha value is -4.88. The molecule has 2 aliphatic carbocycles. The number of carboxylic acid groups (broad SMARTS) is 1. The van der Waals surface area contributed by atoms with Gasteiger partial charge in [0.15, 0.2) is 0 Å². The number of aryl methyl sites for hydroxylation is 2. The summed E-state index contributed by atoms with van der Waals surface area (Å²) in [5.41, 5.74) is 5.53. The topological polar surface area (TPSA) is 169 Å². The molecular weight excluding hydrogens is 657 g/mol. The SMILES string of the molecule is Cc1cccc(C)c1-c1cc(OCC(CCC2(C)CC2)NCc2cnc3oc(C4CC4)cc3n2)nc(NS(=O)(=O)c2cccc(C(=O)O)c2)n1. The Kier molecular flexibility index (Phi) is 9.04. The van der Waals surface area contributed by atoms with Gasteiger partial charge < -0.3 is 19.6 Å². The van der Waals surface area contributed by atoms with Crippen LogP contribution in [0.4, 0.5) is 5.95 Å². The average Bonchev–Trinajstić information content (AvgIpc) is 4.02. The number of aromatic carboxylic acids is 1. The average molecular weight is 697 g/mol. The number of hydrogen-bond donors (Lipinski definition) is 3. The molecule has 260 valence electrons. The second-order valence-electron chi connectivity index (χ2n) is 13.8. The Bertz CT molecular complexity index is 2160. The third kappa shape index (κ3) is 7.79. The van der Waals surface area contributed by atoms with Gasteiger partial charge in [0.1, 0.15) is 17.9 Å². The van der Waals surface area contributed by atoms with Crippen molar-refractivity contribution in [2.45, 2.75) is 82.7 Å². The molecule has 5 aromatic rings. The molecule has 7 rings (SSSR count). The van der Waals surface area contributed by atoms with E-state index in [4.69, 9.17) is 14.1 Å². The second kappa shape index (κ2) is 13.4. The fraction of sp³-hybridized carbons (Fsp3) is 0.378. The van der Waals surface area contributed by atoms with E-state index in [-0.39, 0.29) is 34.9 Å². The molecule has 2 aliphatic rings. The summed E-state index contributed by atoms with van der Waals surface area (Å²) in [6.07, 6.45) is 8.32. The lowest BCUT2D eigenvalue weighted by molar-refractivity contribution is 0.0696. The van der Waals surface area contributed by atoms with Gasteiger partial charge in [-0.25, -0.2) is 32.9 Å². The fourth-order valence-electron chi connectivity index (χ4n) is 6.07. The van der Waals surface area contributed by atoms with Gasteiger partial charge in [0.25, 0.3) is 10.0 Å². The van der Waals surface area contributed by atoms with Crippen molar-refractivity contribution < 1.29 is 27.5 Å². The first-order valence-electron chi connectivity index (χ1n) is 16.9. The maximum atomic E-state index is 13.4. The van der Waals surface area contributed by atoms with Crippen molar-refractivity contribution in [3.05, 3.63) is 88.9 Å². The van der Waals surface area contributed by atoms with E-state index >= 15 is 0 Å². The van der Waals surface area contributed by atoms with Gasteiger partial charge >= 0.3 is 5.97 Å². The highest BCUT2D eigenvalue weighted by Gasteiger charge is 2.37.